The molecule has 5 rings (SSSR count). The van der Waals surface area contributed by atoms with Gasteiger partial charge in [0.05, 0.1) is 18.3 Å². The number of hydrogen-bond acceptors (Lipinski definition) is 3. The molecule has 0 aromatic heterocycles. The maximum absolute atomic E-state index is 12.3. The standard InChI is InChI=1S/C21H32O3/c1-11(22)15-6-7-16-14-5-4-12-10-13(23)8-9-20(12,2)17(14)18-19(24-18)21(15,16)3/h12-19,23H,4-10H2,1-3H3/t12-,13+,14-,15+,16-,17+,18-,19-,20-,21+/m0/s1. The number of ketones is 1. The zero-order chi connectivity index (χ0) is 16.9. The van der Waals surface area contributed by atoms with Crippen molar-refractivity contribution in [3.63, 3.8) is 0 Å². The van der Waals surface area contributed by atoms with E-state index < -0.39 is 0 Å². The summed E-state index contributed by atoms with van der Waals surface area (Å²) in [5, 5.41) is 10.2. The molecular weight excluding hydrogens is 300 g/mol. The summed E-state index contributed by atoms with van der Waals surface area (Å²) >= 11 is 0. The number of rotatable bonds is 1. The van der Waals surface area contributed by atoms with Crippen LogP contribution in [0.5, 0.6) is 0 Å². The molecule has 5 aliphatic rings. The van der Waals surface area contributed by atoms with Crippen LogP contribution in [-0.2, 0) is 9.53 Å². The van der Waals surface area contributed by atoms with Gasteiger partial charge in [-0.05, 0) is 81.0 Å². The van der Waals surface area contributed by atoms with Crippen LogP contribution in [0.4, 0.5) is 0 Å². The molecule has 1 aliphatic heterocycles. The van der Waals surface area contributed by atoms with Crippen LogP contribution in [0.15, 0.2) is 0 Å². The van der Waals surface area contributed by atoms with Crippen LogP contribution in [0.1, 0.15) is 65.7 Å². The average molecular weight is 332 g/mol. The molecule has 0 unspecified atom stereocenters. The number of carbonyl (C=O) groups is 1. The Kier molecular flexibility index (Phi) is 3.20. The van der Waals surface area contributed by atoms with Crippen molar-refractivity contribution < 1.29 is 14.6 Å². The summed E-state index contributed by atoms with van der Waals surface area (Å²) in [5.74, 6) is 3.34. The minimum atomic E-state index is -0.0852. The normalized spacial score (nSPS) is 61.3. The highest BCUT2D eigenvalue weighted by Crippen LogP contribution is 2.72. The number of epoxide rings is 1. The van der Waals surface area contributed by atoms with Gasteiger partial charge in [-0.15, -0.1) is 0 Å². The largest absolute Gasteiger partial charge is 0.393 e. The lowest BCUT2D eigenvalue weighted by Gasteiger charge is -2.59. The first-order valence-corrected chi connectivity index (χ1v) is 10.2. The minimum Gasteiger partial charge on any atom is -0.393 e. The monoisotopic (exact) mass is 332 g/mol. The SMILES string of the molecule is CC(=O)[C@H]1CC[C@H]2[C@@H]3CC[C@H]4C[C@H](O)CC[C@]4(C)[C@H]3[C@@H]3O[C@@H]3[C@]12C. The number of fused-ring (bicyclic) bond motifs is 8. The zero-order valence-corrected chi connectivity index (χ0v) is 15.3. The van der Waals surface area contributed by atoms with Crippen LogP contribution in [0.25, 0.3) is 0 Å². The van der Waals surface area contributed by atoms with Crippen LogP contribution >= 0.6 is 0 Å². The van der Waals surface area contributed by atoms with Crippen molar-refractivity contribution in [2.24, 2.45) is 40.4 Å². The van der Waals surface area contributed by atoms with Gasteiger partial charge in [-0.3, -0.25) is 4.79 Å². The first-order valence-electron chi connectivity index (χ1n) is 10.2. The fraction of sp³-hybridized carbons (Fsp3) is 0.952. The summed E-state index contributed by atoms with van der Waals surface area (Å²) in [7, 11) is 0. The van der Waals surface area contributed by atoms with E-state index in [2.05, 4.69) is 13.8 Å². The van der Waals surface area contributed by atoms with Gasteiger partial charge in [-0.2, -0.15) is 0 Å². The van der Waals surface area contributed by atoms with Gasteiger partial charge in [0.15, 0.2) is 0 Å². The van der Waals surface area contributed by atoms with E-state index in [-0.39, 0.29) is 17.4 Å². The second-order valence-corrected chi connectivity index (χ2v) is 10.1. The number of aliphatic hydroxyl groups is 1. The maximum atomic E-state index is 12.3. The van der Waals surface area contributed by atoms with Gasteiger partial charge in [-0.25, -0.2) is 0 Å². The van der Waals surface area contributed by atoms with Crippen LogP contribution in [0.2, 0.25) is 0 Å². The topological polar surface area (TPSA) is 49.8 Å². The van der Waals surface area contributed by atoms with E-state index in [1.54, 1.807) is 6.92 Å². The van der Waals surface area contributed by atoms with Crippen LogP contribution in [0, 0.1) is 40.4 Å². The summed E-state index contributed by atoms with van der Waals surface area (Å²) in [6.45, 7) is 6.67. The number of ether oxygens (including phenoxy) is 1. The van der Waals surface area contributed by atoms with E-state index in [0.717, 1.165) is 31.6 Å². The highest BCUT2D eigenvalue weighted by Gasteiger charge is 2.73. The molecule has 0 aromatic rings. The lowest BCUT2D eigenvalue weighted by Crippen LogP contribution is -2.57. The highest BCUT2D eigenvalue weighted by atomic mass is 16.6. The predicted octanol–water partition coefficient (Wildman–Crippen LogP) is 3.58. The lowest BCUT2D eigenvalue weighted by molar-refractivity contribution is -0.131. The van der Waals surface area contributed by atoms with E-state index in [9.17, 15) is 9.90 Å². The number of Topliss-reactive ketones (excluding diaryl/α,β-unsaturated/α-hetero) is 1. The van der Waals surface area contributed by atoms with Gasteiger partial charge < -0.3 is 9.84 Å². The van der Waals surface area contributed by atoms with Gasteiger partial charge in [-0.1, -0.05) is 13.8 Å². The molecule has 1 saturated heterocycles. The van der Waals surface area contributed by atoms with Gasteiger partial charge in [0, 0.05) is 11.3 Å². The van der Waals surface area contributed by atoms with Crippen molar-refractivity contribution in [3.8, 4) is 0 Å². The third-order valence-electron chi connectivity index (χ3n) is 9.39. The smallest absolute Gasteiger partial charge is 0.133 e. The van der Waals surface area contributed by atoms with E-state index in [0.29, 0.717) is 41.2 Å². The Morgan fingerprint density at radius 1 is 1.12 bits per heavy atom. The zero-order valence-electron chi connectivity index (χ0n) is 15.3. The lowest BCUT2D eigenvalue weighted by atomic mass is 9.44. The quantitative estimate of drug-likeness (QED) is 0.747. The Hall–Kier alpha value is -0.410. The second kappa shape index (κ2) is 4.85. The molecule has 4 saturated carbocycles. The van der Waals surface area contributed by atoms with Crippen molar-refractivity contribution in [2.45, 2.75) is 84.0 Å². The Labute approximate surface area is 145 Å². The Morgan fingerprint density at radius 2 is 1.92 bits per heavy atom. The Bertz CT molecular complexity index is 573. The molecule has 134 valence electrons. The van der Waals surface area contributed by atoms with E-state index >= 15 is 0 Å². The van der Waals surface area contributed by atoms with Crippen molar-refractivity contribution in [3.05, 3.63) is 0 Å². The molecule has 0 bridgehead atoms. The van der Waals surface area contributed by atoms with E-state index in [1.165, 1.54) is 19.3 Å². The van der Waals surface area contributed by atoms with Gasteiger partial charge in [0.2, 0.25) is 0 Å². The molecule has 1 N–H and O–H groups in total. The maximum Gasteiger partial charge on any atom is 0.133 e. The third-order valence-corrected chi connectivity index (χ3v) is 9.39. The molecule has 24 heavy (non-hydrogen) atoms. The van der Waals surface area contributed by atoms with Crippen molar-refractivity contribution >= 4 is 5.78 Å². The van der Waals surface area contributed by atoms with E-state index in [1.807, 2.05) is 0 Å². The molecule has 0 aromatic carbocycles. The number of carbonyl (C=O) groups excluding carboxylic acids is 1. The average Bonchev–Trinajstić information content (AvgIpc) is 3.24. The van der Waals surface area contributed by atoms with Crippen molar-refractivity contribution in [1.82, 2.24) is 0 Å². The van der Waals surface area contributed by atoms with Crippen LogP contribution in [0.3, 0.4) is 0 Å². The van der Waals surface area contributed by atoms with Crippen molar-refractivity contribution in [2.75, 3.05) is 0 Å². The molecule has 0 radical (unpaired) electrons. The first-order chi connectivity index (χ1) is 11.4. The minimum absolute atomic E-state index is 0.0852. The third kappa shape index (κ3) is 1.79. The number of hydrogen-bond donors (Lipinski definition) is 1. The Balaban J connectivity index is 1.51. The van der Waals surface area contributed by atoms with Crippen LogP contribution < -0.4 is 0 Å². The van der Waals surface area contributed by atoms with Gasteiger partial charge in [0.1, 0.15) is 5.78 Å². The van der Waals surface area contributed by atoms with Gasteiger partial charge >= 0.3 is 0 Å². The molecule has 1 heterocycles. The summed E-state index contributed by atoms with van der Waals surface area (Å²) in [5.41, 5.74) is 0.437. The summed E-state index contributed by atoms with van der Waals surface area (Å²) in [6, 6.07) is 0. The molecule has 10 atom stereocenters. The summed E-state index contributed by atoms with van der Waals surface area (Å²) in [4.78, 5) is 12.3. The second-order valence-electron chi connectivity index (χ2n) is 10.1. The van der Waals surface area contributed by atoms with Gasteiger partial charge in [0.25, 0.3) is 0 Å². The molecule has 0 amide bonds. The van der Waals surface area contributed by atoms with E-state index in [4.69, 9.17) is 4.74 Å². The molecule has 4 aliphatic carbocycles. The molecule has 0 spiro atoms. The molecular formula is C21H32O3. The van der Waals surface area contributed by atoms with Crippen molar-refractivity contribution in [1.29, 1.82) is 0 Å². The molecule has 3 heteroatoms. The molecule has 3 nitrogen and oxygen atoms in total. The summed E-state index contributed by atoms with van der Waals surface area (Å²) < 4.78 is 6.37. The number of aliphatic hydroxyl groups excluding tert-OH is 1. The fourth-order valence-corrected chi connectivity index (χ4v) is 8.27. The van der Waals surface area contributed by atoms with Crippen LogP contribution in [-0.4, -0.2) is 29.2 Å². The molecule has 5 fully saturated rings. The fourth-order valence-electron chi connectivity index (χ4n) is 8.27. The first kappa shape index (κ1) is 15.8. The highest BCUT2D eigenvalue weighted by molar-refractivity contribution is 5.80. The Morgan fingerprint density at radius 3 is 2.67 bits per heavy atom. The predicted molar refractivity (Wildman–Crippen MR) is 91.3 cm³/mol. The summed E-state index contributed by atoms with van der Waals surface area (Å²) in [6.07, 6.45) is 8.59.